The third-order valence-corrected chi connectivity index (χ3v) is 3.25. The van der Waals surface area contributed by atoms with E-state index in [9.17, 15) is 4.79 Å². The summed E-state index contributed by atoms with van der Waals surface area (Å²) in [5.41, 5.74) is 0.508. The van der Waals surface area contributed by atoms with Crippen LogP contribution in [0.3, 0.4) is 0 Å². The first kappa shape index (κ1) is 11.3. The number of hydrogen-bond donors (Lipinski definition) is 1. The van der Waals surface area contributed by atoms with E-state index in [1.165, 1.54) is 11.3 Å². The normalized spacial score (nSPS) is 16.2. The number of rotatable bonds is 3. The molecule has 0 atom stereocenters. The van der Waals surface area contributed by atoms with E-state index in [4.69, 9.17) is 4.74 Å². The lowest BCUT2D eigenvalue weighted by atomic mass is 10.4. The Hall–Kier alpha value is -1.14. The van der Waals surface area contributed by atoms with Gasteiger partial charge in [0.15, 0.2) is 5.13 Å². The Balaban J connectivity index is 2.03. The van der Waals surface area contributed by atoms with E-state index in [2.05, 4.69) is 15.2 Å². The standard InChI is InChI=1S/C10H15N3O2S/c1-2-11-9(14)8-7-16-10(12-8)13-3-5-15-6-4-13/h7H,2-6H2,1H3,(H,11,14). The summed E-state index contributed by atoms with van der Waals surface area (Å²) in [6.45, 7) is 5.69. The molecule has 1 aliphatic heterocycles. The van der Waals surface area contributed by atoms with Crippen molar-refractivity contribution in [2.75, 3.05) is 37.7 Å². The molecule has 1 aromatic rings. The van der Waals surface area contributed by atoms with Gasteiger partial charge in [0.2, 0.25) is 0 Å². The molecule has 1 aliphatic rings. The van der Waals surface area contributed by atoms with Crippen LogP contribution < -0.4 is 10.2 Å². The molecule has 5 nitrogen and oxygen atoms in total. The third kappa shape index (κ3) is 2.51. The molecule has 0 aliphatic carbocycles. The molecule has 0 saturated carbocycles. The van der Waals surface area contributed by atoms with Crippen molar-refractivity contribution in [3.8, 4) is 0 Å². The lowest BCUT2D eigenvalue weighted by Gasteiger charge is -2.25. The molecule has 88 valence electrons. The fourth-order valence-corrected chi connectivity index (χ4v) is 2.38. The Labute approximate surface area is 98.4 Å². The van der Waals surface area contributed by atoms with Crippen LogP contribution in [0.1, 0.15) is 17.4 Å². The minimum atomic E-state index is -0.0988. The van der Waals surface area contributed by atoms with Crippen molar-refractivity contribution < 1.29 is 9.53 Å². The molecule has 1 amide bonds. The van der Waals surface area contributed by atoms with Gasteiger partial charge in [0, 0.05) is 25.0 Å². The monoisotopic (exact) mass is 241 g/mol. The van der Waals surface area contributed by atoms with Crippen molar-refractivity contribution in [1.29, 1.82) is 0 Å². The van der Waals surface area contributed by atoms with Gasteiger partial charge in [0.05, 0.1) is 13.2 Å². The third-order valence-electron chi connectivity index (χ3n) is 2.34. The predicted molar refractivity (Wildman–Crippen MR) is 63.2 cm³/mol. The lowest BCUT2D eigenvalue weighted by molar-refractivity contribution is 0.0951. The number of morpholine rings is 1. The number of aromatic nitrogens is 1. The molecular formula is C10H15N3O2S. The van der Waals surface area contributed by atoms with Gasteiger partial charge in [-0.25, -0.2) is 4.98 Å². The van der Waals surface area contributed by atoms with Crippen LogP contribution in [0.25, 0.3) is 0 Å². The quantitative estimate of drug-likeness (QED) is 0.847. The second kappa shape index (κ2) is 5.27. The highest BCUT2D eigenvalue weighted by Gasteiger charge is 2.16. The molecule has 1 saturated heterocycles. The Bertz CT molecular complexity index is 361. The molecule has 1 N–H and O–H groups in total. The fraction of sp³-hybridized carbons (Fsp3) is 0.600. The number of anilines is 1. The molecule has 16 heavy (non-hydrogen) atoms. The SMILES string of the molecule is CCNC(=O)c1csc(N2CCOCC2)n1. The van der Waals surface area contributed by atoms with E-state index in [0.717, 1.165) is 31.4 Å². The lowest BCUT2D eigenvalue weighted by Crippen LogP contribution is -2.36. The number of amides is 1. The van der Waals surface area contributed by atoms with Crippen LogP contribution in [0, 0.1) is 0 Å². The topological polar surface area (TPSA) is 54.5 Å². The number of carbonyl (C=O) groups excluding carboxylic acids is 1. The molecule has 0 bridgehead atoms. The Morgan fingerprint density at radius 2 is 2.38 bits per heavy atom. The average Bonchev–Trinajstić information content (AvgIpc) is 2.80. The molecule has 0 aromatic carbocycles. The largest absolute Gasteiger partial charge is 0.378 e. The minimum absolute atomic E-state index is 0.0988. The summed E-state index contributed by atoms with van der Waals surface area (Å²) in [5, 5.41) is 5.45. The minimum Gasteiger partial charge on any atom is -0.378 e. The Kier molecular flexibility index (Phi) is 3.74. The summed E-state index contributed by atoms with van der Waals surface area (Å²) in [6.07, 6.45) is 0. The van der Waals surface area contributed by atoms with E-state index in [1.54, 1.807) is 5.38 Å². The molecule has 2 heterocycles. The molecular weight excluding hydrogens is 226 g/mol. The summed E-state index contributed by atoms with van der Waals surface area (Å²) in [4.78, 5) is 18.0. The van der Waals surface area contributed by atoms with Crippen molar-refractivity contribution in [2.45, 2.75) is 6.92 Å². The van der Waals surface area contributed by atoms with Crippen LogP contribution in [0.15, 0.2) is 5.38 Å². The smallest absolute Gasteiger partial charge is 0.270 e. The molecule has 1 fully saturated rings. The van der Waals surface area contributed by atoms with Crippen LogP contribution in [0.5, 0.6) is 0 Å². The zero-order valence-corrected chi connectivity index (χ0v) is 10.0. The number of carbonyl (C=O) groups is 1. The Morgan fingerprint density at radius 3 is 3.06 bits per heavy atom. The van der Waals surface area contributed by atoms with Crippen molar-refractivity contribution in [3.05, 3.63) is 11.1 Å². The van der Waals surface area contributed by atoms with Gasteiger partial charge >= 0.3 is 0 Å². The highest BCUT2D eigenvalue weighted by Crippen LogP contribution is 2.21. The van der Waals surface area contributed by atoms with E-state index < -0.39 is 0 Å². The summed E-state index contributed by atoms with van der Waals surface area (Å²) >= 11 is 1.51. The predicted octanol–water partition coefficient (Wildman–Crippen LogP) is 0.729. The number of nitrogens with zero attached hydrogens (tertiary/aromatic N) is 2. The van der Waals surface area contributed by atoms with Gasteiger partial charge in [-0.15, -0.1) is 11.3 Å². The zero-order chi connectivity index (χ0) is 11.4. The van der Waals surface area contributed by atoms with Gasteiger partial charge in [-0.3, -0.25) is 4.79 Å². The van der Waals surface area contributed by atoms with Crippen LogP contribution in [-0.2, 0) is 4.74 Å². The maximum Gasteiger partial charge on any atom is 0.270 e. The highest BCUT2D eigenvalue weighted by molar-refractivity contribution is 7.13. The molecule has 0 radical (unpaired) electrons. The summed E-state index contributed by atoms with van der Waals surface area (Å²) < 4.78 is 5.27. The van der Waals surface area contributed by atoms with Crippen LogP contribution in [0.4, 0.5) is 5.13 Å². The van der Waals surface area contributed by atoms with Crippen LogP contribution in [0.2, 0.25) is 0 Å². The maximum atomic E-state index is 11.5. The van der Waals surface area contributed by atoms with Crippen molar-refractivity contribution >= 4 is 22.4 Å². The average molecular weight is 241 g/mol. The first-order valence-corrected chi connectivity index (χ1v) is 6.25. The van der Waals surface area contributed by atoms with Crippen molar-refractivity contribution in [1.82, 2.24) is 10.3 Å². The van der Waals surface area contributed by atoms with Gasteiger partial charge in [-0.2, -0.15) is 0 Å². The number of ether oxygens (including phenoxy) is 1. The highest BCUT2D eigenvalue weighted by atomic mass is 32.1. The first-order valence-electron chi connectivity index (χ1n) is 5.37. The molecule has 0 spiro atoms. The van der Waals surface area contributed by atoms with Crippen LogP contribution >= 0.6 is 11.3 Å². The van der Waals surface area contributed by atoms with Gasteiger partial charge in [0.25, 0.3) is 5.91 Å². The molecule has 2 rings (SSSR count). The maximum absolute atomic E-state index is 11.5. The Morgan fingerprint density at radius 1 is 1.62 bits per heavy atom. The number of hydrogen-bond acceptors (Lipinski definition) is 5. The fourth-order valence-electron chi connectivity index (χ4n) is 1.52. The van der Waals surface area contributed by atoms with Gasteiger partial charge in [0.1, 0.15) is 5.69 Å². The van der Waals surface area contributed by atoms with Crippen LogP contribution in [-0.4, -0.2) is 43.7 Å². The van der Waals surface area contributed by atoms with Gasteiger partial charge in [-0.05, 0) is 6.92 Å². The van der Waals surface area contributed by atoms with E-state index in [-0.39, 0.29) is 5.91 Å². The summed E-state index contributed by atoms with van der Waals surface area (Å²) in [6, 6.07) is 0. The van der Waals surface area contributed by atoms with E-state index in [0.29, 0.717) is 12.2 Å². The molecule has 0 unspecified atom stereocenters. The van der Waals surface area contributed by atoms with Crippen molar-refractivity contribution in [3.63, 3.8) is 0 Å². The summed E-state index contributed by atoms with van der Waals surface area (Å²) in [7, 11) is 0. The number of nitrogens with one attached hydrogen (secondary N) is 1. The van der Waals surface area contributed by atoms with Crippen molar-refractivity contribution in [2.24, 2.45) is 0 Å². The number of thiazole rings is 1. The summed E-state index contributed by atoms with van der Waals surface area (Å²) in [5.74, 6) is -0.0988. The second-order valence-electron chi connectivity index (χ2n) is 3.47. The zero-order valence-electron chi connectivity index (χ0n) is 9.23. The van der Waals surface area contributed by atoms with Gasteiger partial charge in [-0.1, -0.05) is 0 Å². The molecule has 1 aromatic heterocycles. The van der Waals surface area contributed by atoms with E-state index >= 15 is 0 Å². The van der Waals surface area contributed by atoms with E-state index in [1.807, 2.05) is 6.92 Å². The second-order valence-corrected chi connectivity index (χ2v) is 4.31. The van der Waals surface area contributed by atoms with Gasteiger partial charge < -0.3 is 15.0 Å². The molecule has 6 heteroatoms. The first-order chi connectivity index (χ1) is 7.81.